The number of rotatable bonds is 4. The summed E-state index contributed by atoms with van der Waals surface area (Å²) in [5, 5.41) is 0. The first-order valence-corrected chi connectivity index (χ1v) is 6.52. The molecule has 92 valence electrons. The minimum Gasteiger partial charge on any atom is -0.418 e. The van der Waals surface area contributed by atoms with Crippen LogP contribution in [-0.4, -0.2) is 5.97 Å². The van der Waals surface area contributed by atoms with Gasteiger partial charge in [0.15, 0.2) is 0 Å². The van der Waals surface area contributed by atoms with Crippen LogP contribution in [-0.2, 0) is 9.09 Å². The molecular formula is C13H11O4P. The first kappa shape index (κ1) is 12.4. The van der Waals surface area contributed by atoms with Crippen molar-refractivity contribution in [1.29, 1.82) is 0 Å². The molecule has 0 N–H and O–H groups in total. The molecule has 0 aromatic heterocycles. The molecule has 5 heteroatoms. The van der Waals surface area contributed by atoms with E-state index in [0.717, 1.165) is 0 Å². The highest BCUT2D eigenvalue weighted by atomic mass is 31.1. The molecule has 2 aromatic rings. The monoisotopic (exact) mass is 262 g/mol. The van der Waals surface area contributed by atoms with E-state index in [1.165, 1.54) is 0 Å². The lowest BCUT2D eigenvalue weighted by atomic mass is 10.2. The molecule has 0 heterocycles. The Kier molecular flexibility index (Phi) is 4.15. The molecule has 0 amide bonds. The van der Waals surface area contributed by atoms with E-state index in [9.17, 15) is 9.36 Å². The van der Waals surface area contributed by atoms with Crippen molar-refractivity contribution in [3.05, 3.63) is 66.2 Å². The SMILES string of the molecule is O=C(O[PH](=O)Oc1ccccc1)c1ccccc1. The van der Waals surface area contributed by atoms with Gasteiger partial charge in [0, 0.05) is 0 Å². The Morgan fingerprint density at radius 3 is 2.06 bits per heavy atom. The van der Waals surface area contributed by atoms with Crippen molar-refractivity contribution < 1.29 is 18.4 Å². The van der Waals surface area contributed by atoms with E-state index >= 15 is 0 Å². The third kappa shape index (κ3) is 3.47. The van der Waals surface area contributed by atoms with Gasteiger partial charge in [0.05, 0.1) is 5.56 Å². The summed E-state index contributed by atoms with van der Waals surface area (Å²) in [6.45, 7) is 0. The van der Waals surface area contributed by atoms with Crippen molar-refractivity contribution in [2.45, 2.75) is 0 Å². The molecule has 0 aliphatic heterocycles. The smallest absolute Gasteiger partial charge is 0.418 e. The zero-order chi connectivity index (χ0) is 12.8. The Bertz CT molecular complexity index is 539. The molecule has 0 fully saturated rings. The quantitative estimate of drug-likeness (QED) is 0.793. The van der Waals surface area contributed by atoms with Crippen LogP contribution >= 0.6 is 8.25 Å². The van der Waals surface area contributed by atoms with Crippen LogP contribution in [0.15, 0.2) is 60.7 Å². The van der Waals surface area contributed by atoms with E-state index in [0.29, 0.717) is 11.3 Å². The number of benzene rings is 2. The molecule has 0 saturated carbocycles. The number of hydrogen-bond acceptors (Lipinski definition) is 4. The van der Waals surface area contributed by atoms with Crippen molar-refractivity contribution in [3.8, 4) is 5.75 Å². The van der Waals surface area contributed by atoms with Crippen molar-refractivity contribution in [3.63, 3.8) is 0 Å². The Balaban J connectivity index is 1.94. The van der Waals surface area contributed by atoms with Crippen LogP contribution in [0.25, 0.3) is 0 Å². The maximum absolute atomic E-state index is 11.6. The maximum atomic E-state index is 11.6. The molecule has 1 atom stereocenters. The largest absolute Gasteiger partial charge is 0.421 e. The minimum absolute atomic E-state index is 0.340. The van der Waals surface area contributed by atoms with Crippen molar-refractivity contribution >= 4 is 14.2 Å². The molecule has 4 nitrogen and oxygen atoms in total. The van der Waals surface area contributed by atoms with Gasteiger partial charge in [-0.15, -0.1) is 0 Å². The second-order valence-electron chi connectivity index (χ2n) is 3.42. The average Bonchev–Trinajstić information content (AvgIpc) is 2.40. The van der Waals surface area contributed by atoms with Crippen LogP contribution < -0.4 is 4.52 Å². The molecule has 2 rings (SSSR count). The molecule has 0 radical (unpaired) electrons. The van der Waals surface area contributed by atoms with Crippen molar-refractivity contribution in [1.82, 2.24) is 0 Å². The highest BCUT2D eigenvalue weighted by Crippen LogP contribution is 2.28. The van der Waals surface area contributed by atoms with Crippen LogP contribution in [0, 0.1) is 0 Å². The normalized spacial score (nSPS) is 11.6. The van der Waals surface area contributed by atoms with Gasteiger partial charge in [0.25, 0.3) is 0 Å². The minimum atomic E-state index is -2.89. The lowest BCUT2D eigenvalue weighted by Crippen LogP contribution is -2.00. The molecule has 0 aliphatic carbocycles. The van der Waals surface area contributed by atoms with Gasteiger partial charge in [0.1, 0.15) is 5.75 Å². The van der Waals surface area contributed by atoms with Gasteiger partial charge in [-0.2, -0.15) is 0 Å². The van der Waals surface area contributed by atoms with Gasteiger partial charge in [-0.1, -0.05) is 36.4 Å². The van der Waals surface area contributed by atoms with Crippen LogP contribution in [0.4, 0.5) is 0 Å². The molecular weight excluding hydrogens is 251 g/mol. The van der Waals surface area contributed by atoms with Gasteiger partial charge in [-0.25, -0.2) is 9.36 Å². The van der Waals surface area contributed by atoms with Gasteiger partial charge < -0.3 is 9.05 Å². The van der Waals surface area contributed by atoms with Crippen LogP contribution in [0.5, 0.6) is 5.75 Å². The Morgan fingerprint density at radius 1 is 0.889 bits per heavy atom. The van der Waals surface area contributed by atoms with Crippen LogP contribution in [0.2, 0.25) is 0 Å². The predicted octanol–water partition coefficient (Wildman–Crippen LogP) is 3.31. The molecule has 18 heavy (non-hydrogen) atoms. The first-order valence-electron chi connectivity index (χ1n) is 5.30. The molecule has 1 unspecified atom stereocenters. The summed E-state index contributed by atoms with van der Waals surface area (Å²) in [5.74, 6) is -0.252. The summed E-state index contributed by atoms with van der Waals surface area (Å²) in [5.41, 5.74) is 0.340. The van der Waals surface area contributed by atoms with Crippen molar-refractivity contribution in [2.75, 3.05) is 0 Å². The van der Waals surface area contributed by atoms with Crippen LogP contribution in [0.1, 0.15) is 10.4 Å². The molecule has 2 aromatic carbocycles. The third-order valence-corrected chi connectivity index (χ3v) is 2.88. The van der Waals surface area contributed by atoms with Gasteiger partial charge in [-0.05, 0) is 24.3 Å². The maximum Gasteiger partial charge on any atom is 0.421 e. The summed E-state index contributed by atoms with van der Waals surface area (Å²) in [7, 11) is -2.89. The number of para-hydroxylation sites is 1. The Morgan fingerprint density at radius 2 is 1.44 bits per heavy atom. The molecule has 0 saturated heterocycles. The van der Waals surface area contributed by atoms with E-state index in [1.54, 1.807) is 60.7 Å². The van der Waals surface area contributed by atoms with E-state index in [1.807, 2.05) is 0 Å². The fourth-order valence-electron chi connectivity index (χ4n) is 1.31. The Labute approximate surface area is 105 Å². The third-order valence-electron chi connectivity index (χ3n) is 2.13. The zero-order valence-electron chi connectivity index (χ0n) is 9.41. The van der Waals surface area contributed by atoms with E-state index < -0.39 is 14.2 Å². The lowest BCUT2D eigenvalue weighted by molar-refractivity contribution is 0.0733. The summed E-state index contributed by atoms with van der Waals surface area (Å²) >= 11 is 0. The topological polar surface area (TPSA) is 52.6 Å². The second kappa shape index (κ2) is 6.03. The highest BCUT2D eigenvalue weighted by Gasteiger charge is 2.11. The van der Waals surface area contributed by atoms with E-state index in [4.69, 9.17) is 9.05 Å². The van der Waals surface area contributed by atoms with Gasteiger partial charge >= 0.3 is 14.2 Å². The fourth-order valence-corrected chi connectivity index (χ4v) is 1.95. The number of hydrogen-bond donors (Lipinski definition) is 0. The number of carbonyl (C=O) groups is 1. The second-order valence-corrected chi connectivity index (χ2v) is 4.33. The van der Waals surface area contributed by atoms with Crippen molar-refractivity contribution in [2.24, 2.45) is 0 Å². The zero-order valence-corrected chi connectivity index (χ0v) is 10.4. The Hall–Kier alpha value is -2.06. The predicted molar refractivity (Wildman–Crippen MR) is 67.9 cm³/mol. The number of carbonyl (C=O) groups excluding carboxylic acids is 1. The van der Waals surface area contributed by atoms with Gasteiger partial charge in [0.2, 0.25) is 0 Å². The summed E-state index contributed by atoms with van der Waals surface area (Å²) < 4.78 is 21.3. The molecule has 0 bridgehead atoms. The summed E-state index contributed by atoms with van der Waals surface area (Å²) in [4.78, 5) is 11.6. The van der Waals surface area contributed by atoms with Gasteiger partial charge in [-0.3, -0.25) is 0 Å². The molecule has 0 spiro atoms. The summed E-state index contributed by atoms with van der Waals surface area (Å²) in [6.07, 6.45) is 0. The fraction of sp³-hybridized carbons (Fsp3) is 0. The van der Waals surface area contributed by atoms with Crippen LogP contribution in [0.3, 0.4) is 0 Å². The highest BCUT2D eigenvalue weighted by molar-refractivity contribution is 7.34. The van der Waals surface area contributed by atoms with E-state index in [2.05, 4.69) is 0 Å². The lowest BCUT2D eigenvalue weighted by Gasteiger charge is -2.06. The average molecular weight is 262 g/mol. The standard InChI is InChI=1S/C13H11O4P/c14-13(11-7-3-1-4-8-11)17-18(15)16-12-9-5-2-6-10-12/h1-10,18H. The first-order chi connectivity index (χ1) is 8.75. The van der Waals surface area contributed by atoms with E-state index in [-0.39, 0.29) is 0 Å². The molecule has 0 aliphatic rings. The summed E-state index contributed by atoms with van der Waals surface area (Å²) in [6, 6.07) is 16.9.